The largest absolute Gasteiger partial charge is 0.340 e. The normalized spacial score (nSPS) is 10.0. The maximum atomic E-state index is 5.23. The number of hydrogen-bond acceptors (Lipinski definition) is 2. The topological polar surface area (TPSA) is 27.6 Å². The Labute approximate surface area is 114 Å². The van der Waals surface area contributed by atoms with Crippen LogP contribution in [0.15, 0.2) is 60.7 Å². The molecule has 0 heterocycles. The van der Waals surface area contributed by atoms with Crippen LogP contribution < -0.4 is 5.43 Å². The molecule has 0 aliphatic heterocycles. The summed E-state index contributed by atoms with van der Waals surface area (Å²) in [6, 6.07) is 9.83. The molecule has 0 aliphatic carbocycles. The molecule has 4 heteroatoms. The molecule has 94 valence electrons. The van der Waals surface area contributed by atoms with Gasteiger partial charge in [0.05, 0.1) is 6.21 Å². The van der Waals surface area contributed by atoms with Gasteiger partial charge in [-0.15, -0.1) is 13.2 Å². The van der Waals surface area contributed by atoms with E-state index in [2.05, 4.69) is 23.7 Å². The fourth-order valence-corrected chi connectivity index (χ4v) is 1.53. The summed E-state index contributed by atoms with van der Waals surface area (Å²) in [5.41, 5.74) is 3.85. The van der Waals surface area contributed by atoms with E-state index in [4.69, 9.17) is 12.2 Å². The van der Waals surface area contributed by atoms with E-state index in [0.29, 0.717) is 18.2 Å². The first-order valence-electron chi connectivity index (χ1n) is 5.62. The molecule has 0 unspecified atom stereocenters. The highest BCUT2D eigenvalue weighted by atomic mass is 32.1. The van der Waals surface area contributed by atoms with E-state index >= 15 is 0 Å². The van der Waals surface area contributed by atoms with Crippen LogP contribution in [-0.4, -0.2) is 29.3 Å². The third-order valence-corrected chi connectivity index (χ3v) is 2.51. The predicted octanol–water partition coefficient (Wildman–Crippen LogP) is 2.57. The maximum Gasteiger partial charge on any atom is 0.190 e. The van der Waals surface area contributed by atoms with Gasteiger partial charge >= 0.3 is 0 Å². The predicted molar refractivity (Wildman–Crippen MR) is 81.7 cm³/mol. The molecule has 0 spiro atoms. The van der Waals surface area contributed by atoms with Crippen LogP contribution in [0.25, 0.3) is 0 Å². The molecule has 3 nitrogen and oxygen atoms in total. The molecule has 0 atom stereocenters. The van der Waals surface area contributed by atoms with Crippen molar-refractivity contribution >= 4 is 23.5 Å². The van der Waals surface area contributed by atoms with Crippen molar-refractivity contribution < 1.29 is 0 Å². The number of rotatable bonds is 6. The average molecular weight is 259 g/mol. The van der Waals surface area contributed by atoms with Crippen LogP contribution in [0.3, 0.4) is 0 Å². The standard InChI is InChI=1S/C14H17N3S/c1-3-10-17(11-4-2)14(18)16-15-12-13-8-6-5-7-9-13/h3-9,12H,1-2,10-11H2,(H,16,18)/b15-12-. The second kappa shape index (κ2) is 8.20. The third-order valence-electron chi connectivity index (χ3n) is 2.16. The van der Waals surface area contributed by atoms with Crippen molar-refractivity contribution in [2.75, 3.05) is 13.1 Å². The molecule has 1 rings (SSSR count). The van der Waals surface area contributed by atoms with Gasteiger partial charge < -0.3 is 4.90 Å². The van der Waals surface area contributed by atoms with Crippen LogP contribution in [-0.2, 0) is 0 Å². The van der Waals surface area contributed by atoms with Gasteiger partial charge in [-0.3, -0.25) is 5.43 Å². The number of hydrogen-bond donors (Lipinski definition) is 1. The molecule has 0 bridgehead atoms. The summed E-state index contributed by atoms with van der Waals surface area (Å²) in [4.78, 5) is 1.91. The van der Waals surface area contributed by atoms with Gasteiger partial charge in [0, 0.05) is 13.1 Å². The van der Waals surface area contributed by atoms with Crippen LogP contribution in [0, 0.1) is 0 Å². The van der Waals surface area contributed by atoms with Gasteiger partial charge in [-0.25, -0.2) is 0 Å². The Hall–Kier alpha value is -1.94. The smallest absolute Gasteiger partial charge is 0.190 e. The Morgan fingerprint density at radius 3 is 2.39 bits per heavy atom. The van der Waals surface area contributed by atoms with Crippen molar-refractivity contribution in [3.8, 4) is 0 Å². The molecule has 0 saturated carbocycles. The molecule has 0 saturated heterocycles. The molecular formula is C14H17N3S. The molecule has 18 heavy (non-hydrogen) atoms. The van der Waals surface area contributed by atoms with Gasteiger partial charge in [0.25, 0.3) is 0 Å². The van der Waals surface area contributed by atoms with Crippen LogP contribution in [0.1, 0.15) is 5.56 Å². The lowest BCUT2D eigenvalue weighted by Gasteiger charge is -2.20. The summed E-state index contributed by atoms with van der Waals surface area (Å²) in [7, 11) is 0. The van der Waals surface area contributed by atoms with E-state index in [0.717, 1.165) is 5.56 Å². The van der Waals surface area contributed by atoms with Gasteiger partial charge in [0.2, 0.25) is 0 Å². The van der Waals surface area contributed by atoms with E-state index in [-0.39, 0.29) is 0 Å². The zero-order valence-electron chi connectivity index (χ0n) is 10.2. The number of nitrogens with zero attached hydrogens (tertiary/aromatic N) is 2. The molecule has 1 aromatic carbocycles. The fourth-order valence-electron chi connectivity index (χ4n) is 1.32. The highest BCUT2D eigenvalue weighted by Crippen LogP contribution is 1.94. The van der Waals surface area contributed by atoms with Crippen LogP contribution in [0.2, 0.25) is 0 Å². The minimum Gasteiger partial charge on any atom is -0.340 e. The van der Waals surface area contributed by atoms with Crippen molar-refractivity contribution in [3.05, 3.63) is 61.2 Å². The lowest BCUT2D eigenvalue weighted by Crippen LogP contribution is -2.37. The quantitative estimate of drug-likeness (QED) is 0.368. The van der Waals surface area contributed by atoms with E-state index in [1.165, 1.54) is 0 Å². The van der Waals surface area contributed by atoms with E-state index in [1.807, 2.05) is 35.2 Å². The Morgan fingerprint density at radius 2 is 1.83 bits per heavy atom. The summed E-state index contributed by atoms with van der Waals surface area (Å²) in [6.45, 7) is 8.71. The minimum atomic E-state index is 0.557. The lowest BCUT2D eigenvalue weighted by molar-refractivity contribution is 0.504. The van der Waals surface area contributed by atoms with Gasteiger partial charge in [-0.2, -0.15) is 5.10 Å². The Morgan fingerprint density at radius 1 is 1.22 bits per heavy atom. The average Bonchev–Trinajstić information content (AvgIpc) is 2.39. The monoisotopic (exact) mass is 259 g/mol. The van der Waals surface area contributed by atoms with E-state index < -0.39 is 0 Å². The number of benzene rings is 1. The van der Waals surface area contributed by atoms with Crippen molar-refractivity contribution in [1.29, 1.82) is 0 Å². The Kier molecular flexibility index (Phi) is 6.43. The fraction of sp³-hybridized carbons (Fsp3) is 0.143. The summed E-state index contributed by atoms with van der Waals surface area (Å²) in [6.07, 6.45) is 5.31. The first-order chi connectivity index (χ1) is 8.77. The van der Waals surface area contributed by atoms with Crippen molar-refractivity contribution in [2.24, 2.45) is 5.10 Å². The van der Waals surface area contributed by atoms with E-state index in [1.54, 1.807) is 18.4 Å². The zero-order chi connectivity index (χ0) is 13.2. The number of hydrazone groups is 1. The third kappa shape index (κ3) is 4.93. The summed E-state index contributed by atoms with van der Waals surface area (Å²) in [5.74, 6) is 0. The first-order valence-corrected chi connectivity index (χ1v) is 6.03. The summed E-state index contributed by atoms with van der Waals surface area (Å²) < 4.78 is 0. The molecule has 0 aromatic heterocycles. The van der Waals surface area contributed by atoms with Gasteiger partial charge in [-0.1, -0.05) is 42.5 Å². The molecule has 1 N–H and O–H groups in total. The first kappa shape index (κ1) is 14.1. The molecule has 0 aliphatic rings. The van der Waals surface area contributed by atoms with Crippen molar-refractivity contribution in [3.63, 3.8) is 0 Å². The maximum absolute atomic E-state index is 5.23. The molecule has 0 fully saturated rings. The van der Waals surface area contributed by atoms with Crippen LogP contribution in [0.5, 0.6) is 0 Å². The van der Waals surface area contributed by atoms with Crippen LogP contribution >= 0.6 is 12.2 Å². The van der Waals surface area contributed by atoms with Gasteiger partial charge in [0.1, 0.15) is 0 Å². The van der Waals surface area contributed by atoms with E-state index in [9.17, 15) is 0 Å². The van der Waals surface area contributed by atoms with Crippen molar-refractivity contribution in [1.82, 2.24) is 10.3 Å². The number of thiocarbonyl (C=S) groups is 1. The Balaban J connectivity index is 2.51. The summed E-state index contributed by atoms with van der Waals surface area (Å²) in [5, 5.41) is 4.66. The molecule has 0 amide bonds. The second-order valence-electron chi connectivity index (χ2n) is 3.57. The summed E-state index contributed by atoms with van der Waals surface area (Å²) >= 11 is 5.23. The highest BCUT2D eigenvalue weighted by molar-refractivity contribution is 7.80. The zero-order valence-corrected chi connectivity index (χ0v) is 11.1. The SMILES string of the molecule is C=CCN(CC=C)C(=S)N/N=C\c1ccccc1. The van der Waals surface area contributed by atoms with Gasteiger partial charge in [0.15, 0.2) is 5.11 Å². The van der Waals surface area contributed by atoms with Gasteiger partial charge in [-0.05, 0) is 17.8 Å². The molecule has 1 aromatic rings. The number of nitrogens with one attached hydrogen (secondary N) is 1. The molecule has 0 radical (unpaired) electrons. The lowest BCUT2D eigenvalue weighted by atomic mass is 10.2. The minimum absolute atomic E-state index is 0.557. The second-order valence-corrected chi connectivity index (χ2v) is 3.95. The van der Waals surface area contributed by atoms with Crippen molar-refractivity contribution in [2.45, 2.75) is 0 Å². The Bertz CT molecular complexity index is 416. The highest BCUT2D eigenvalue weighted by Gasteiger charge is 2.03. The molecular weight excluding hydrogens is 242 g/mol. The van der Waals surface area contributed by atoms with Crippen LogP contribution in [0.4, 0.5) is 0 Å².